The van der Waals surface area contributed by atoms with Crippen LogP contribution < -0.4 is 10.1 Å². The summed E-state index contributed by atoms with van der Waals surface area (Å²) in [5.74, 6) is 0.578. The Balaban J connectivity index is 2.08. The van der Waals surface area contributed by atoms with Crippen molar-refractivity contribution in [2.75, 3.05) is 32.8 Å². The minimum Gasteiger partial charge on any atom is -0.494 e. The highest BCUT2D eigenvalue weighted by molar-refractivity contribution is 6.30. The molecule has 1 atom stereocenters. The predicted octanol–water partition coefficient (Wildman–Crippen LogP) is 4.26. The Morgan fingerprint density at radius 1 is 1.20 bits per heavy atom. The largest absolute Gasteiger partial charge is 0.494 e. The summed E-state index contributed by atoms with van der Waals surface area (Å²) in [5, 5.41) is 4.08. The van der Waals surface area contributed by atoms with E-state index in [9.17, 15) is 4.39 Å². The molecular formula is C20H24ClFN2O. The van der Waals surface area contributed by atoms with Crippen molar-refractivity contribution in [3.63, 3.8) is 0 Å². The lowest BCUT2D eigenvalue weighted by Crippen LogP contribution is -2.33. The molecule has 2 aromatic carbocycles. The maximum absolute atomic E-state index is 13.9. The van der Waals surface area contributed by atoms with E-state index < -0.39 is 0 Å². The van der Waals surface area contributed by atoms with E-state index in [0.29, 0.717) is 11.6 Å². The fraction of sp³-hybridized carbons (Fsp3) is 0.400. The van der Waals surface area contributed by atoms with Crippen LogP contribution in [0.1, 0.15) is 30.5 Å². The number of hydrogen-bond acceptors (Lipinski definition) is 3. The first kappa shape index (κ1) is 18.2. The number of hydrogen-bond donors (Lipinski definition) is 1. The van der Waals surface area contributed by atoms with E-state index in [4.69, 9.17) is 16.3 Å². The van der Waals surface area contributed by atoms with Crippen molar-refractivity contribution in [1.82, 2.24) is 10.2 Å². The Bertz CT molecular complexity index is 702. The van der Waals surface area contributed by atoms with Gasteiger partial charge in [-0.2, -0.15) is 0 Å². The average Bonchev–Trinajstić information content (AvgIpc) is 2.87. The summed E-state index contributed by atoms with van der Waals surface area (Å²) in [7, 11) is 0. The monoisotopic (exact) mass is 362 g/mol. The molecule has 0 spiro atoms. The molecule has 25 heavy (non-hydrogen) atoms. The van der Waals surface area contributed by atoms with Crippen LogP contribution in [0.5, 0.6) is 5.75 Å². The molecule has 0 amide bonds. The van der Waals surface area contributed by atoms with Gasteiger partial charge in [0, 0.05) is 30.2 Å². The second kappa shape index (κ2) is 8.65. The van der Waals surface area contributed by atoms with E-state index in [-0.39, 0.29) is 11.9 Å². The summed E-state index contributed by atoms with van der Waals surface area (Å²) in [6.45, 7) is 6.28. The third-order valence-corrected chi connectivity index (χ3v) is 4.71. The molecule has 1 aliphatic rings. The van der Waals surface area contributed by atoms with Gasteiger partial charge in [-0.15, -0.1) is 0 Å². The zero-order valence-electron chi connectivity index (χ0n) is 14.5. The minimum atomic E-state index is -0.226. The molecule has 2 aromatic rings. The van der Waals surface area contributed by atoms with Gasteiger partial charge in [0.2, 0.25) is 0 Å². The highest BCUT2D eigenvalue weighted by atomic mass is 35.5. The first-order chi connectivity index (χ1) is 12.2. The Morgan fingerprint density at radius 3 is 2.88 bits per heavy atom. The molecule has 1 heterocycles. The molecule has 1 N–H and O–H groups in total. The van der Waals surface area contributed by atoms with E-state index in [1.165, 1.54) is 6.07 Å². The fourth-order valence-electron chi connectivity index (χ4n) is 3.41. The molecule has 0 bridgehead atoms. The van der Waals surface area contributed by atoms with Crippen molar-refractivity contribution in [1.29, 1.82) is 0 Å². The summed E-state index contributed by atoms with van der Waals surface area (Å²) in [4.78, 5) is 2.38. The van der Waals surface area contributed by atoms with E-state index >= 15 is 0 Å². The summed E-state index contributed by atoms with van der Waals surface area (Å²) >= 11 is 6.29. The Morgan fingerprint density at radius 2 is 2.08 bits per heavy atom. The van der Waals surface area contributed by atoms with Crippen molar-refractivity contribution >= 4 is 11.6 Å². The predicted molar refractivity (Wildman–Crippen MR) is 99.9 cm³/mol. The number of benzene rings is 2. The highest BCUT2D eigenvalue weighted by Crippen LogP contribution is 2.37. The molecular weight excluding hydrogens is 339 g/mol. The van der Waals surface area contributed by atoms with Crippen LogP contribution in [0.3, 0.4) is 0 Å². The first-order valence-electron chi connectivity index (χ1n) is 8.81. The minimum absolute atomic E-state index is 0.0872. The lowest BCUT2D eigenvalue weighted by molar-refractivity contribution is 0.233. The van der Waals surface area contributed by atoms with Gasteiger partial charge in [0.15, 0.2) is 0 Å². The first-order valence-corrected chi connectivity index (χ1v) is 9.19. The third-order valence-electron chi connectivity index (χ3n) is 4.47. The molecule has 0 radical (unpaired) electrons. The maximum Gasteiger partial charge on any atom is 0.124 e. The molecule has 1 fully saturated rings. The van der Waals surface area contributed by atoms with Crippen LogP contribution in [-0.2, 0) is 0 Å². The second-order valence-electron chi connectivity index (χ2n) is 6.21. The van der Waals surface area contributed by atoms with Crippen molar-refractivity contribution in [2.24, 2.45) is 0 Å². The van der Waals surface area contributed by atoms with Crippen LogP contribution in [-0.4, -0.2) is 37.7 Å². The summed E-state index contributed by atoms with van der Waals surface area (Å²) in [6.07, 6.45) is 1.05. The molecule has 0 saturated carbocycles. The molecule has 0 aromatic heterocycles. The van der Waals surface area contributed by atoms with E-state index in [1.54, 1.807) is 12.1 Å². The molecule has 3 rings (SSSR count). The highest BCUT2D eigenvalue weighted by Gasteiger charge is 2.26. The molecule has 1 aliphatic heterocycles. The van der Waals surface area contributed by atoms with Crippen LogP contribution in [0.4, 0.5) is 4.39 Å². The zero-order valence-corrected chi connectivity index (χ0v) is 15.2. The van der Waals surface area contributed by atoms with Gasteiger partial charge in [-0.05, 0) is 55.8 Å². The lowest BCUT2D eigenvalue weighted by Gasteiger charge is -2.32. The lowest BCUT2D eigenvalue weighted by atomic mass is 9.95. The van der Waals surface area contributed by atoms with E-state index in [0.717, 1.165) is 49.5 Å². The molecule has 3 nitrogen and oxygen atoms in total. The zero-order chi connectivity index (χ0) is 17.6. The van der Waals surface area contributed by atoms with Gasteiger partial charge in [0.05, 0.1) is 12.6 Å². The molecule has 1 unspecified atom stereocenters. The molecule has 134 valence electrons. The second-order valence-corrected chi connectivity index (χ2v) is 6.65. The fourth-order valence-corrected chi connectivity index (χ4v) is 3.59. The number of nitrogens with zero attached hydrogens (tertiary/aromatic N) is 1. The van der Waals surface area contributed by atoms with E-state index in [1.807, 2.05) is 31.2 Å². The van der Waals surface area contributed by atoms with Gasteiger partial charge in [-0.3, -0.25) is 4.90 Å². The summed E-state index contributed by atoms with van der Waals surface area (Å²) in [5.41, 5.74) is 1.91. The third kappa shape index (κ3) is 4.51. The van der Waals surface area contributed by atoms with Crippen LogP contribution in [0, 0.1) is 5.82 Å². The number of ether oxygens (including phenoxy) is 1. The SMILES string of the molecule is CCOc1ccc(Cl)cc1C(c1cccc(F)c1)N1CCCNCC1. The maximum atomic E-state index is 13.9. The summed E-state index contributed by atoms with van der Waals surface area (Å²) in [6, 6.07) is 12.4. The normalized spacial score (nSPS) is 17.1. The van der Waals surface area contributed by atoms with Gasteiger partial charge in [0.25, 0.3) is 0 Å². The molecule has 5 heteroatoms. The van der Waals surface area contributed by atoms with Gasteiger partial charge < -0.3 is 10.1 Å². The van der Waals surface area contributed by atoms with Crippen molar-refractivity contribution in [2.45, 2.75) is 19.4 Å². The number of rotatable bonds is 5. The van der Waals surface area contributed by atoms with E-state index in [2.05, 4.69) is 10.2 Å². The molecule has 0 aliphatic carbocycles. The van der Waals surface area contributed by atoms with Gasteiger partial charge in [-0.25, -0.2) is 4.39 Å². The Kier molecular flexibility index (Phi) is 6.29. The topological polar surface area (TPSA) is 24.5 Å². The van der Waals surface area contributed by atoms with Gasteiger partial charge in [-0.1, -0.05) is 23.7 Å². The van der Waals surface area contributed by atoms with Gasteiger partial charge in [0.1, 0.15) is 11.6 Å². The number of nitrogens with one attached hydrogen (secondary N) is 1. The van der Waals surface area contributed by atoms with Crippen molar-refractivity contribution < 1.29 is 9.13 Å². The quantitative estimate of drug-likeness (QED) is 0.860. The van der Waals surface area contributed by atoms with Crippen molar-refractivity contribution in [3.05, 3.63) is 64.4 Å². The average molecular weight is 363 g/mol. The van der Waals surface area contributed by atoms with Crippen LogP contribution in [0.2, 0.25) is 5.02 Å². The Hall–Kier alpha value is -1.62. The Labute approximate surface area is 153 Å². The van der Waals surface area contributed by atoms with Gasteiger partial charge >= 0.3 is 0 Å². The van der Waals surface area contributed by atoms with Crippen LogP contribution in [0.25, 0.3) is 0 Å². The van der Waals surface area contributed by atoms with Crippen LogP contribution >= 0.6 is 11.6 Å². The summed E-state index contributed by atoms with van der Waals surface area (Å²) < 4.78 is 19.8. The smallest absolute Gasteiger partial charge is 0.124 e. The van der Waals surface area contributed by atoms with Crippen LogP contribution in [0.15, 0.2) is 42.5 Å². The van der Waals surface area contributed by atoms with Crippen molar-refractivity contribution in [3.8, 4) is 5.75 Å². The number of halogens is 2. The standard InChI is InChI=1S/C20H24ClFN2O/c1-2-25-19-8-7-16(21)14-18(19)20(15-5-3-6-17(22)13-15)24-11-4-9-23-10-12-24/h3,5-8,13-14,20,23H,2,4,9-12H2,1H3. The molecule has 1 saturated heterocycles.